The molecule has 1 saturated carbocycles. The van der Waals surface area contributed by atoms with Crippen molar-refractivity contribution in [3.8, 4) is 0 Å². The van der Waals surface area contributed by atoms with Gasteiger partial charge in [0.1, 0.15) is 0 Å². The molecule has 0 spiro atoms. The second-order valence-electron chi connectivity index (χ2n) is 3.71. The van der Waals surface area contributed by atoms with Crippen LogP contribution in [-0.2, 0) is 10.0 Å². The van der Waals surface area contributed by atoms with Crippen LogP contribution >= 0.6 is 0 Å². The summed E-state index contributed by atoms with van der Waals surface area (Å²) in [5.74, 6) is 0. The van der Waals surface area contributed by atoms with Gasteiger partial charge in [-0.3, -0.25) is 0 Å². The van der Waals surface area contributed by atoms with E-state index >= 15 is 0 Å². The molecule has 0 aromatic heterocycles. The summed E-state index contributed by atoms with van der Waals surface area (Å²) in [6.07, 6.45) is 3.66. The highest BCUT2D eigenvalue weighted by Gasteiger charge is 2.29. The van der Waals surface area contributed by atoms with Gasteiger partial charge in [-0.2, -0.15) is 0 Å². The maximum absolute atomic E-state index is 11.6. The van der Waals surface area contributed by atoms with Gasteiger partial charge in [0.05, 0.1) is 5.25 Å². The Labute approximate surface area is 79.9 Å². The Kier molecular flexibility index (Phi) is 3.70. The van der Waals surface area contributed by atoms with Gasteiger partial charge in [-0.1, -0.05) is 12.8 Å². The second kappa shape index (κ2) is 4.39. The minimum atomic E-state index is -3.10. The summed E-state index contributed by atoms with van der Waals surface area (Å²) >= 11 is 0. The number of rotatable bonds is 4. The summed E-state index contributed by atoms with van der Waals surface area (Å²) in [4.78, 5) is 0. The number of hydrogen-bond donors (Lipinski definition) is 2. The van der Waals surface area contributed by atoms with Crippen LogP contribution in [0.15, 0.2) is 0 Å². The van der Waals surface area contributed by atoms with Crippen LogP contribution in [0.2, 0.25) is 0 Å². The molecule has 0 heterocycles. The summed E-state index contributed by atoms with van der Waals surface area (Å²) in [5.41, 5.74) is 5.35. The van der Waals surface area contributed by atoms with Crippen molar-refractivity contribution in [2.75, 3.05) is 6.54 Å². The Morgan fingerprint density at radius 3 is 2.46 bits per heavy atom. The largest absolute Gasteiger partial charge is 0.329 e. The fourth-order valence-electron chi connectivity index (χ4n) is 1.62. The highest BCUT2D eigenvalue weighted by Crippen LogP contribution is 2.23. The van der Waals surface area contributed by atoms with E-state index in [1.165, 1.54) is 0 Å². The van der Waals surface area contributed by atoms with Crippen LogP contribution in [0, 0.1) is 0 Å². The van der Waals surface area contributed by atoms with Crippen molar-refractivity contribution in [1.82, 2.24) is 4.72 Å². The minimum Gasteiger partial charge on any atom is -0.329 e. The molecule has 1 fully saturated rings. The lowest BCUT2D eigenvalue weighted by atomic mass is 10.4. The Balaban J connectivity index is 2.54. The molecule has 0 saturated heterocycles. The Bertz CT molecular complexity index is 245. The SMILES string of the molecule is CC(CN)NS(=O)(=O)C1CCCC1. The van der Waals surface area contributed by atoms with Crippen LogP contribution in [0.3, 0.4) is 0 Å². The Hall–Kier alpha value is -0.130. The topological polar surface area (TPSA) is 72.2 Å². The van der Waals surface area contributed by atoms with E-state index in [2.05, 4.69) is 4.72 Å². The monoisotopic (exact) mass is 206 g/mol. The average Bonchev–Trinajstić information content (AvgIpc) is 2.55. The first-order valence-corrected chi connectivity index (χ1v) is 6.32. The summed E-state index contributed by atoms with van der Waals surface area (Å²) in [6.45, 7) is 2.14. The molecule has 0 radical (unpaired) electrons. The summed E-state index contributed by atoms with van der Waals surface area (Å²) < 4.78 is 25.9. The molecular weight excluding hydrogens is 188 g/mol. The molecule has 4 nitrogen and oxygen atoms in total. The zero-order valence-corrected chi connectivity index (χ0v) is 8.81. The standard InChI is InChI=1S/C8H18N2O2S/c1-7(6-9)10-13(11,12)8-4-2-3-5-8/h7-8,10H,2-6,9H2,1H3. The van der Waals surface area contributed by atoms with Gasteiger partial charge in [-0.05, 0) is 19.8 Å². The quantitative estimate of drug-likeness (QED) is 0.690. The van der Waals surface area contributed by atoms with Crippen molar-refractivity contribution in [2.24, 2.45) is 5.73 Å². The summed E-state index contributed by atoms with van der Waals surface area (Å²) in [6, 6.07) is -0.148. The number of hydrogen-bond acceptors (Lipinski definition) is 3. The van der Waals surface area contributed by atoms with Crippen molar-refractivity contribution >= 4 is 10.0 Å². The predicted molar refractivity (Wildman–Crippen MR) is 52.8 cm³/mol. The van der Waals surface area contributed by atoms with Crippen LogP contribution in [0.25, 0.3) is 0 Å². The van der Waals surface area contributed by atoms with Gasteiger partial charge in [-0.15, -0.1) is 0 Å². The lowest BCUT2D eigenvalue weighted by molar-refractivity contribution is 0.547. The fraction of sp³-hybridized carbons (Fsp3) is 1.00. The van der Waals surface area contributed by atoms with Crippen molar-refractivity contribution < 1.29 is 8.42 Å². The molecule has 5 heteroatoms. The smallest absolute Gasteiger partial charge is 0.214 e. The highest BCUT2D eigenvalue weighted by molar-refractivity contribution is 7.90. The molecule has 3 N–H and O–H groups in total. The van der Waals surface area contributed by atoms with Gasteiger partial charge in [-0.25, -0.2) is 13.1 Å². The van der Waals surface area contributed by atoms with Gasteiger partial charge in [0.2, 0.25) is 10.0 Å². The van der Waals surface area contributed by atoms with Gasteiger partial charge in [0.15, 0.2) is 0 Å². The fourth-order valence-corrected chi connectivity index (χ4v) is 3.43. The molecule has 0 aromatic carbocycles. The zero-order valence-electron chi connectivity index (χ0n) is 7.99. The molecule has 13 heavy (non-hydrogen) atoms. The number of nitrogens with two attached hydrogens (primary N) is 1. The van der Waals surface area contributed by atoms with Crippen molar-refractivity contribution in [3.63, 3.8) is 0 Å². The molecule has 0 bridgehead atoms. The van der Waals surface area contributed by atoms with E-state index in [1.807, 2.05) is 0 Å². The molecule has 1 atom stereocenters. The maximum Gasteiger partial charge on any atom is 0.214 e. The normalized spacial score (nSPS) is 22.0. The first-order chi connectivity index (χ1) is 6.06. The maximum atomic E-state index is 11.6. The molecule has 1 aliphatic rings. The second-order valence-corrected chi connectivity index (χ2v) is 5.70. The Morgan fingerprint density at radius 2 is 2.00 bits per heavy atom. The van der Waals surface area contributed by atoms with Gasteiger partial charge >= 0.3 is 0 Å². The first-order valence-electron chi connectivity index (χ1n) is 4.77. The third kappa shape index (κ3) is 2.93. The summed E-state index contributed by atoms with van der Waals surface area (Å²) in [5, 5.41) is -0.179. The minimum absolute atomic E-state index is 0.148. The van der Waals surface area contributed by atoms with E-state index in [4.69, 9.17) is 5.73 Å². The zero-order chi connectivity index (χ0) is 9.90. The highest BCUT2D eigenvalue weighted by atomic mass is 32.2. The van der Waals surface area contributed by atoms with E-state index in [1.54, 1.807) is 6.92 Å². The molecule has 1 rings (SSSR count). The molecule has 1 unspecified atom stereocenters. The number of nitrogens with one attached hydrogen (secondary N) is 1. The molecule has 1 aliphatic carbocycles. The predicted octanol–water partition coefficient (Wildman–Crippen LogP) is 0.196. The molecule has 0 amide bonds. The molecule has 78 valence electrons. The third-order valence-electron chi connectivity index (χ3n) is 2.46. The molecule has 0 aliphatic heterocycles. The average molecular weight is 206 g/mol. The number of sulfonamides is 1. The van der Waals surface area contributed by atoms with E-state index < -0.39 is 10.0 Å². The first kappa shape index (κ1) is 10.9. The van der Waals surface area contributed by atoms with Crippen LogP contribution < -0.4 is 10.5 Å². The van der Waals surface area contributed by atoms with Crippen LogP contribution in [0.1, 0.15) is 32.6 Å². The molecule has 0 aromatic rings. The van der Waals surface area contributed by atoms with Crippen LogP contribution in [-0.4, -0.2) is 26.3 Å². The van der Waals surface area contributed by atoms with Crippen molar-refractivity contribution in [3.05, 3.63) is 0 Å². The Morgan fingerprint density at radius 1 is 1.46 bits per heavy atom. The summed E-state index contributed by atoms with van der Waals surface area (Å²) in [7, 11) is -3.10. The van der Waals surface area contributed by atoms with E-state index in [0.29, 0.717) is 6.54 Å². The van der Waals surface area contributed by atoms with Crippen LogP contribution in [0.4, 0.5) is 0 Å². The van der Waals surface area contributed by atoms with E-state index in [9.17, 15) is 8.42 Å². The van der Waals surface area contributed by atoms with Crippen molar-refractivity contribution in [2.45, 2.75) is 43.9 Å². The lowest BCUT2D eigenvalue weighted by Gasteiger charge is -2.16. The van der Waals surface area contributed by atoms with E-state index in [-0.39, 0.29) is 11.3 Å². The van der Waals surface area contributed by atoms with Gasteiger partial charge in [0, 0.05) is 12.6 Å². The van der Waals surface area contributed by atoms with Crippen LogP contribution in [0.5, 0.6) is 0 Å². The van der Waals surface area contributed by atoms with Gasteiger partial charge < -0.3 is 5.73 Å². The lowest BCUT2D eigenvalue weighted by Crippen LogP contribution is -2.42. The third-order valence-corrected chi connectivity index (χ3v) is 4.54. The van der Waals surface area contributed by atoms with Gasteiger partial charge in [0.25, 0.3) is 0 Å². The van der Waals surface area contributed by atoms with E-state index in [0.717, 1.165) is 25.7 Å². The van der Waals surface area contributed by atoms with Crippen molar-refractivity contribution in [1.29, 1.82) is 0 Å². The molecular formula is C8H18N2O2S.